The molecule has 1 amide bonds. The SMILES string of the molecule is COCCN(CC(=O)O)C(=O)Cc1ccc(-c2ccccc2)cc1. The van der Waals surface area contributed by atoms with Crippen LogP contribution < -0.4 is 0 Å². The van der Waals surface area contributed by atoms with Crippen molar-refractivity contribution >= 4 is 11.9 Å². The number of aliphatic carboxylic acids is 1. The van der Waals surface area contributed by atoms with Crippen molar-refractivity contribution < 1.29 is 19.4 Å². The number of rotatable bonds is 8. The van der Waals surface area contributed by atoms with Crippen molar-refractivity contribution in [2.24, 2.45) is 0 Å². The Balaban J connectivity index is 2.03. The molecule has 2 aromatic carbocycles. The van der Waals surface area contributed by atoms with Gasteiger partial charge in [-0.25, -0.2) is 0 Å². The number of nitrogens with zero attached hydrogens (tertiary/aromatic N) is 1. The Hall–Kier alpha value is -2.66. The predicted molar refractivity (Wildman–Crippen MR) is 91.7 cm³/mol. The lowest BCUT2D eigenvalue weighted by molar-refractivity contribution is -0.144. The van der Waals surface area contributed by atoms with Gasteiger partial charge in [0.2, 0.25) is 5.91 Å². The summed E-state index contributed by atoms with van der Waals surface area (Å²) in [6, 6.07) is 17.7. The monoisotopic (exact) mass is 327 g/mol. The van der Waals surface area contributed by atoms with Crippen molar-refractivity contribution in [2.75, 3.05) is 26.8 Å². The summed E-state index contributed by atoms with van der Waals surface area (Å²) in [5.74, 6) is -1.25. The number of benzene rings is 2. The lowest BCUT2D eigenvalue weighted by Crippen LogP contribution is -2.38. The Morgan fingerprint density at radius 1 is 1.00 bits per heavy atom. The minimum absolute atomic E-state index is 0.173. The van der Waals surface area contributed by atoms with E-state index in [1.165, 1.54) is 12.0 Å². The number of hydrogen-bond donors (Lipinski definition) is 1. The van der Waals surface area contributed by atoms with Crippen LogP contribution in [0.5, 0.6) is 0 Å². The van der Waals surface area contributed by atoms with E-state index in [0.717, 1.165) is 16.7 Å². The van der Waals surface area contributed by atoms with Gasteiger partial charge in [-0.15, -0.1) is 0 Å². The molecule has 2 aromatic rings. The van der Waals surface area contributed by atoms with E-state index in [2.05, 4.69) is 0 Å². The number of carboxylic acid groups (broad SMARTS) is 1. The molecule has 0 aliphatic heterocycles. The molecule has 0 fully saturated rings. The average molecular weight is 327 g/mol. The van der Waals surface area contributed by atoms with E-state index in [0.29, 0.717) is 6.61 Å². The highest BCUT2D eigenvalue weighted by molar-refractivity contribution is 5.83. The topological polar surface area (TPSA) is 66.8 Å². The van der Waals surface area contributed by atoms with Crippen LogP contribution in [0, 0.1) is 0 Å². The van der Waals surface area contributed by atoms with E-state index in [1.54, 1.807) is 0 Å². The van der Waals surface area contributed by atoms with Crippen molar-refractivity contribution in [3.8, 4) is 11.1 Å². The van der Waals surface area contributed by atoms with Gasteiger partial charge in [0, 0.05) is 13.7 Å². The van der Waals surface area contributed by atoms with E-state index in [9.17, 15) is 9.59 Å². The first-order valence-corrected chi connectivity index (χ1v) is 7.73. The second-order valence-electron chi connectivity index (χ2n) is 5.44. The van der Waals surface area contributed by atoms with Gasteiger partial charge in [0.05, 0.1) is 13.0 Å². The molecule has 0 unspecified atom stereocenters. The zero-order chi connectivity index (χ0) is 17.4. The van der Waals surface area contributed by atoms with Crippen molar-refractivity contribution in [3.05, 3.63) is 60.2 Å². The maximum Gasteiger partial charge on any atom is 0.323 e. The van der Waals surface area contributed by atoms with Gasteiger partial charge in [0.25, 0.3) is 0 Å². The largest absolute Gasteiger partial charge is 0.480 e. The summed E-state index contributed by atoms with van der Waals surface area (Å²) in [7, 11) is 1.52. The van der Waals surface area contributed by atoms with E-state index >= 15 is 0 Å². The van der Waals surface area contributed by atoms with Gasteiger partial charge in [-0.1, -0.05) is 54.6 Å². The third-order valence-electron chi connectivity index (χ3n) is 3.66. The van der Waals surface area contributed by atoms with E-state index in [4.69, 9.17) is 9.84 Å². The number of hydrogen-bond acceptors (Lipinski definition) is 3. The maximum atomic E-state index is 12.3. The Labute approximate surface area is 141 Å². The quantitative estimate of drug-likeness (QED) is 0.809. The van der Waals surface area contributed by atoms with Gasteiger partial charge < -0.3 is 14.7 Å². The molecule has 0 aromatic heterocycles. The first kappa shape index (κ1) is 17.7. The van der Waals surface area contributed by atoms with Crippen LogP contribution >= 0.6 is 0 Å². The molecule has 0 heterocycles. The molecule has 126 valence electrons. The lowest BCUT2D eigenvalue weighted by Gasteiger charge is -2.20. The fourth-order valence-electron chi connectivity index (χ4n) is 2.39. The number of carboxylic acids is 1. The third-order valence-corrected chi connectivity index (χ3v) is 3.66. The Kier molecular flexibility index (Phi) is 6.51. The summed E-state index contributed by atoms with van der Waals surface area (Å²) in [6.07, 6.45) is 0.173. The van der Waals surface area contributed by atoms with Gasteiger partial charge >= 0.3 is 5.97 Å². The van der Waals surface area contributed by atoms with Crippen molar-refractivity contribution in [1.82, 2.24) is 4.90 Å². The smallest absolute Gasteiger partial charge is 0.323 e. The second kappa shape index (κ2) is 8.84. The minimum Gasteiger partial charge on any atom is -0.480 e. The number of carbonyl (C=O) groups excluding carboxylic acids is 1. The normalized spacial score (nSPS) is 10.4. The van der Waals surface area contributed by atoms with Gasteiger partial charge in [0.1, 0.15) is 6.54 Å². The van der Waals surface area contributed by atoms with E-state index in [1.807, 2.05) is 54.6 Å². The summed E-state index contributed by atoms with van der Waals surface area (Å²) in [5.41, 5.74) is 3.05. The van der Waals surface area contributed by atoms with Crippen LogP contribution in [0.25, 0.3) is 11.1 Å². The fraction of sp³-hybridized carbons (Fsp3) is 0.263. The van der Waals surface area contributed by atoms with Gasteiger partial charge in [-0.3, -0.25) is 9.59 Å². The number of methoxy groups -OCH3 is 1. The maximum absolute atomic E-state index is 12.3. The van der Waals surface area contributed by atoms with Crippen LogP contribution in [0.15, 0.2) is 54.6 Å². The van der Waals surface area contributed by atoms with Gasteiger partial charge in [-0.05, 0) is 16.7 Å². The number of ether oxygens (including phenoxy) is 1. The zero-order valence-electron chi connectivity index (χ0n) is 13.6. The molecule has 5 heteroatoms. The molecule has 0 aliphatic rings. The average Bonchev–Trinajstić information content (AvgIpc) is 2.59. The standard InChI is InChI=1S/C19H21NO4/c1-24-12-11-20(14-19(22)23)18(21)13-15-7-9-17(10-8-15)16-5-3-2-4-6-16/h2-10H,11-14H2,1H3,(H,22,23). The van der Waals surface area contributed by atoms with E-state index in [-0.39, 0.29) is 25.4 Å². The van der Waals surface area contributed by atoms with Crippen molar-refractivity contribution in [2.45, 2.75) is 6.42 Å². The molecule has 0 saturated heterocycles. The summed E-state index contributed by atoms with van der Waals surface area (Å²) < 4.78 is 4.93. The first-order chi connectivity index (χ1) is 11.6. The summed E-state index contributed by atoms with van der Waals surface area (Å²) >= 11 is 0. The molecule has 0 saturated carbocycles. The fourth-order valence-corrected chi connectivity index (χ4v) is 2.39. The van der Waals surface area contributed by atoms with Gasteiger partial charge in [0.15, 0.2) is 0 Å². The highest BCUT2D eigenvalue weighted by Gasteiger charge is 2.16. The van der Waals surface area contributed by atoms with Gasteiger partial charge in [-0.2, -0.15) is 0 Å². The molecule has 0 bridgehead atoms. The molecular formula is C19H21NO4. The molecule has 2 rings (SSSR count). The van der Waals surface area contributed by atoms with Crippen LogP contribution in [0.1, 0.15) is 5.56 Å². The van der Waals surface area contributed by atoms with Crippen LogP contribution in [0.2, 0.25) is 0 Å². The molecule has 24 heavy (non-hydrogen) atoms. The molecule has 0 atom stereocenters. The summed E-state index contributed by atoms with van der Waals surface area (Å²) in [6.45, 7) is 0.264. The highest BCUT2D eigenvalue weighted by Crippen LogP contribution is 2.19. The zero-order valence-corrected chi connectivity index (χ0v) is 13.6. The number of amides is 1. The predicted octanol–water partition coefficient (Wildman–Crippen LogP) is 2.46. The Bertz CT molecular complexity index is 668. The van der Waals surface area contributed by atoms with Crippen LogP contribution in [-0.4, -0.2) is 48.7 Å². The molecule has 1 N–H and O–H groups in total. The molecule has 0 aliphatic carbocycles. The molecule has 0 spiro atoms. The minimum atomic E-state index is -1.03. The lowest BCUT2D eigenvalue weighted by atomic mass is 10.0. The van der Waals surface area contributed by atoms with Crippen molar-refractivity contribution in [3.63, 3.8) is 0 Å². The summed E-state index contributed by atoms with van der Waals surface area (Å²) in [4.78, 5) is 24.5. The summed E-state index contributed by atoms with van der Waals surface area (Å²) in [5, 5.41) is 8.93. The van der Waals surface area contributed by atoms with Crippen LogP contribution in [0.3, 0.4) is 0 Å². The first-order valence-electron chi connectivity index (χ1n) is 7.73. The van der Waals surface area contributed by atoms with E-state index < -0.39 is 5.97 Å². The Morgan fingerprint density at radius 2 is 1.62 bits per heavy atom. The van der Waals surface area contributed by atoms with Crippen LogP contribution in [-0.2, 0) is 20.7 Å². The molecule has 0 radical (unpaired) electrons. The van der Waals surface area contributed by atoms with Crippen molar-refractivity contribution in [1.29, 1.82) is 0 Å². The number of carbonyl (C=O) groups is 2. The highest BCUT2D eigenvalue weighted by atomic mass is 16.5. The second-order valence-corrected chi connectivity index (χ2v) is 5.44. The Morgan fingerprint density at radius 3 is 2.21 bits per heavy atom. The van der Waals surface area contributed by atoms with Crippen LogP contribution in [0.4, 0.5) is 0 Å². The molecule has 5 nitrogen and oxygen atoms in total. The third kappa shape index (κ3) is 5.21. The molecular weight excluding hydrogens is 306 g/mol.